The van der Waals surface area contributed by atoms with Gasteiger partial charge >= 0.3 is 0 Å². The number of carbonyl (C=O) groups excluding carboxylic acids is 2. The molecule has 4 rings (SSSR count). The van der Waals surface area contributed by atoms with Crippen molar-refractivity contribution >= 4 is 22.8 Å². The van der Waals surface area contributed by atoms with Crippen LogP contribution in [0.3, 0.4) is 0 Å². The summed E-state index contributed by atoms with van der Waals surface area (Å²) in [4.78, 5) is 40.8. The average Bonchev–Trinajstić information content (AvgIpc) is 3.28. The molecular weight excluding hydrogens is 472 g/mol. The lowest BCUT2D eigenvalue weighted by Crippen LogP contribution is -2.40. The first kappa shape index (κ1) is 25.7. The van der Waals surface area contributed by atoms with E-state index in [0.29, 0.717) is 46.6 Å². The van der Waals surface area contributed by atoms with Crippen molar-refractivity contribution in [3.63, 3.8) is 0 Å². The van der Waals surface area contributed by atoms with Gasteiger partial charge in [-0.2, -0.15) is 0 Å². The lowest BCUT2D eigenvalue weighted by molar-refractivity contribution is -0.118. The quantitative estimate of drug-likeness (QED) is 0.352. The molecule has 192 valence electrons. The molecule has 2 heterocycles. The lowest BCUT2D eigenvalue weighted by Gasteiger charge is -2.33. The molecule has 37 heavy (non-hydrogen) atoms. The number of pyridine rings is 1. The van der Waals surface area contributed by atoms with Crippen LogP contribution in [0.15, 0.2) is 70.0 Å². The molecule has 9 heteroatoms. The van der Waals surface area contributed by atoms with Gasteiger partial charge in [-0.05, 0) is 43.2 Å². The summed E-state index contributed by atoms with van der Waals surface area (Å²) in [6.07, 6.45) is 0.457. The molecule has 0 spiro atoms. The number of ether oxygens (including phenoxy) is 1. The molecular formula is C28H30N4O5. The first-order valence-corrected chi connectivity index (χ1v) is 12.1. The maximum absolute atomic E-state index is 13.8. The van der Waals surface area contributed by atoms with E-state index in [1.807, 2.05) is 37.3 Å². The van der Waals surface area contributed by atoms with E-state index in [1.165, 1.54) is 0 Å². The Hall–Kier alpha value is -4.40. The van der Waals surface area contributed by atoms with Crippen molar-refractivity contribution in [2.24, 2.45) is 5.73 Å². The van der Waals surface area contributed by atoms with E-state index in [1.54, 1.807) is 53.8 Å². The standard InChI is InChI=1S/C28H30N4O5/c1-4-22(31(15-14-25(29)33)27(34)20-10-12-21(36-3)13-11-20)23-16-24-26(18(2)30-37-24)28(35)32(23)17-19-8-6-5-7-9-19/h5-13,16,22H,4,14-15,17H2,1-3H3,(H2,29,33). The molecule has 9 nitrogen and oxygen atoms in total. The molecule has 1 atom stereocenters. The highest BCUT2D eigenvalue weighted by atomic mass is 16.5. The van der Waals surface area contributed by atoms with Gasteiger partial charge < -0.3 is 24.5 Å². The van der Waals surface area contributed by atoms with Gasteiger partial charge in [-0.25, -0.2) is 0 Å². The number of fused-ring (bicyclic) bond motifs is 1. The zero-order valence-electron chi connectivity index (χ0n) is 21.1. The van der Waals surface area contributed by atoms with Crippen LogP contribution in [-0.2, 0) is 11.3 Å². The van der Waals surface area contributed by atoms with Crippen molar-refractivity contribution in [1.82, 2.24) is 14.6 Å². The van der Waals surface area contributed by atoms with E-state index < -0.39 is 11.9 Å². The smallest absolute Gasteiger partial charge is 0.264 e. The van der Waals surface area contributed by atoms with Crippen molar-refractivity contribution in [1.29, 1.82) is 0 Å². The molecule has 0 saturated carbocycles. The van der Waals surface area contributed by atoms with Gasteiger partial charge in [-0.3, -0.25) is 14.4 Å². The average molecular weight is 503 g/mol. The number of nitrogens with zero attached hydrogens (tertiary/aromatic N) is 3. The van der Waals surface area contributed by atoms with Gasteiger partial charge in [0.25, 0.3) is 11.5 Å². The van der Waals surface area contributed by atoms with Gasteiger partial charge in [0.2, 0.25) is 5.91 Å². The van der Waals surface area contributed by atoms with E-state index in [9.17, 15) is 14.4 Å². The van der Waals surface area contributed by atoms with Crippen LogP contribution in [0.1, 0.15) is 53.1 Å². The number of hydrogen-bond acceptors (Lipinski definition) is 6. The first-order chi connectivity index (χ1) is 17.8. The number of aromatic nitrogens is 2. The van der Waals surface area contributed by atoms with Crippen LogP contribution in [0.4, 0.5) is 0 Å². The normalized spacial score (nSPS) is 11.9. The van der Waals surface area contributed by atoms with E-state index in [0.717, 1.165) is 5.56 Å². The van der Waals surface area contributed by atoms with Gasteiger partial charge in [-0.15, -0.1) is 0 Å². The second kappa shape index (κ2) is 11.1. The van der Waals surface area contributed by atoms with Crippen molar-refractivity contribution in [2.45, 2.75) is 39.3 Å². The summed E-state index contributed by atoms with van der Waals surface area (Å²) < 4.78 is 12.3. The number of aryl methyl sites for hydroxylation is 1. The van der Waals surface area contributed by atoms with Crippen molar-refractivity contribution in [3.8, 4) is 5.75 Å². The van der Waals surface area contributed by atoms with Crippen LogP contribution in [0.2, 0.25) is 0 Å². The Morgan fingerprint density at radius 1 is 1.14 bits per heavy atom. The summed E-state index contributed by atoms with van der Waals surface area (Å²) >= 11 is 0. The molecule has 0 aliphatic rings. The summed E-state index contributed by atoms with van der Waals surface area (Å²) in [5, 5.41) is 4.39. The van der Waals surface area contributed by atoms with Crippen molar-refractivity contribution in [2.75, 3.05) is 13.7 Å². The van der Waals surface area contributed by atoms with Gasteiger partial charge in [-0.1, -0.05) is 42.4 Å². The zero-order valence-corrected chi connectivity index (χ0v) is 21.1. The maximum Gasteiger partial charge on any atom is 0.264 e. The highest BCUT2D eigenvalue weighted by Crippen LogP contribution is 2.29. The maximum atomic E-state index is 13.8. The van der Waals surface area contributed by atoms with Crippen LogP contribution >= 0.6 is 0 Å². The van der Waals surface area contributed by atoms with E-state index in [-0.39, 0.29) is 24.4 Å². The highest BCUT2D eigenvalue weighted by Gasteiger charge is 2.29. The molecule has 0 saturated heterocycles. The fourth-order valence-electron chi connectivity index (χ4n) is 4.53. The summed E-state index contributed by atoms with van der Waals surface area (Å²) in [7, 11) is 1.55. The Balaban J connectivity index is 1.86. The van der Waals surface area contributed by atoms with Crippen molar-refractivity contribution in [3.05, 3.63) is 93.5 Å². The zero-order chi connectivity index (χ0) is 26.5. The molecule has 0 bridgehead atoms. The van der Waals surface area contributed by atoms with Gasteiger partial charge in [0.15, 0.2) is 5.58 Å². The minimum atomic E-state index is -0.542. The number of hydrogen-bond donors (Lipinski definition) is 1. The summed E-state index contributed by atoms with van der Waals surface area (Å²) in [5.74, 6) is -0.191. The number of primary amides is 1. The molecule has 2 aromatic carbocycles. The largest absolute Gasteiger partial charge is 0.497 e. The molecule has 2 aromatic heterocycles. The predicted octanol–water partition coefficient (Wildman–Crippen LogP) is 3.82. The Morgan fingerprint density at radius 2 is 1.84 bits per heavy atom. The SMILES string of the molecule is CCC(c1cc2onc(C)c2c(=O)n1Cc1ccccc1)N(CCC(N)=O)C(=O)c1ccc(OC)cc1. The van der Waals surface area contributed by atoms with E-state index >= 15 is 0 Å². The number of nitrogens with two attached hydrogens (primary N) is 1. The van der Waals surface area contributed by atoms with Crippen LogP contribution in [-0.4, -0.2) is 40.1 Å². The number of carbonyl (C=O) groups is 2. The molecule has 0 aliphatic heterocycles. The van der Waals surface area contributed by atoms with Gasteiger partial charge in [0, 0.05) is 30.3 Å². The third kappa shape index (κ3) is 5.40. The Kier molecular flexibility index (Phi) is 7.71. The second-order valence-corrected chi connectivity index (χ2v) is 8.82. The summed E-state index contributed by atoms with van der Waals surface area (Å²) in [6, 6.07) is 17.6. The monoisotopic (exact) mass is 502 g/mol. The molecule has 4 aromatic rings. The highest BCUT2D eigenvalue weighted by molar-refractivity contribution is 5.95. The Bertz CT molecular complexity index is 1460. The molecule has 1 unspecified atom stereocenters. The molecule has 0 radical (unpaired) electrons. The Labute approximate surface area is 214 Å². The minimum absolute atomic E-state index is 0.0228. The van der Waals surface area contributed by atoms with Crippen LogP contribution in [0.25, 0.3) is 11.0 Å². The summed E-state index contributed by atoms with van der Waals surface area (Å²) in [6.45, 7) is 4.04. The van der Waals surface area contributed by atoms with Crippen LogP contribution < -0.4 is 16.0 Å². The lowest BCUT2D eigenvalue weighted by atomic mass is 10.0. The number of rotatable bonds is 10. The third-order valence-corrected chi connectivity index (χ3v) is 6.42. The van der Waals surface area contributed by atoms with Crippen LogP contribution in [0.5, 0.6) is 5.75 Å². The predicted molar refractivity (Wildman–Crippen MR) is 139 cm³/mol. The van der Waals surface area contributed by atoms with Gasteiger partial charge in [0.1, 0.15) is 11.1 Å². The Morgan fingerprint density at radius 3 is 2.46 bits per heavy atom. The fraction of sp³-hybridized carbons (Fsp3) is 0.286. The third-order valence-electron chi connectivity index (χ3n) is 6.42. The number of amides is 2. The van der Waals surface area contributed by atoms with E-state index in [4.69, 9.17) is 15.0 Å². The first-order valence-electron chi connectivity index (χ1n) is 12.1. The molecule has 2 N–H and O–H groups in total. The topological polar surface area (TPSA) is 121 Å². The van der Waals surface area contributed by atoms with E-state index in [2.05, 4.69) is 5.16 Å². The molecule has 0 aliphatic carbocycles. The fourth-order valence-corrected chi connectivity index (χ4v) is 4.53. The second-order valence-electron chi connectivity index (χ2n) is 8.82. The molecule has 2 amide bonds. The number of benzene rings is 2. The van der Waals surface area contributed by atoms with Gasteiger partial charge in [0.05, 0.1) is 25.4 Å². The molecule has 0 fully saturated rings. The summed E-state index contributed by atoms with van der Waals surface area (Å²) in [5.41, 5.74) is 8.01. The van der Waals surface area contributed by atoms with Crippen LogP contribution in [0, 0.1) is 6.92 Å². The number of methoxy groups -OCH3 is 1. The van der Waals surface area contributed by atoms with Crippen molar-refractivity contribution < 1.29 is 18.8 Å². The minimum Gasteiger partial charge on any atom is -0.497 e.